The maximum Gasteiger partial charge on any atom is 0.332 e. The molecular weight excluding hydrogens is 450 g/mol. The van der Waals surface area contributed by atoms with Crippen LogP contribution in [0.15, 0.2) is 46.5 Å². The van der Waals surface area contributed by atoms with Gasteiger partial charge in [0.25, 0.3) is 5.56 Å². The fraction of sp³-hybridized carbons (Fsp3) is 0.417. The Bertz CT molecular complexity index is 1430. The number of ether oxygens (including phenoxy) is 1. The quantitative estimate of drug-likeness (QED) is 0.326. The Labute approximate surface area is 202 Å². The van der Waals surface area contributed by atoms with E-state index in [1.165, 1.54) is 11.6 Å². The Morgan fingerprint density at radius 1 is 1.14 bits per heavy atom. The Morgan fingerprint density at radius 3 is 2.66 bits per heavy atom. The first-order valence-corrected chi connectivity index (χ1v) is 11.5. The molecular formula is C24H31N7O4. The number of aromatic nitrogens is 6. The number of imidazole rings is 2. The number of anilines is 1. The molecule has 0 spiro atoms. The molecule has 2 N–H and O–H groups in total. The Kier molecular flexibility index (Phi) is 7.06. The molecule has 11 heteroatoms. The van der Waals surface area contributed by atoms with Crippen molar-refractivity contribution in [2.24, 2.45) is 14.1 Å². The van der Waals surface area contributed by atoms with Crippen LogP contribution < -0.4 is 21.3 Å². The normalized spacial score (nSPS) is 12.3. The van der Waals surface area contributed by atoms with E-state index in [1.807, 2.05) is 42.8 Å². The van der Waals surface area contributed by atoms with E-state index in [1.54, 1.807) is 24.1 Å². The number of rotatable bonds is 10. The molecule has 0 aliphatic heterocycles. The third-order valence-corrected chi connectivity index (χ3v) is 6.10. The maximum absolute atomic E-state index is 13.0. The minimum Gasteiger partial charge on any atom is -0.491 e. The molecule has 11 nitrogen and oxygen atoms in total. The van der Waals surface area contributed by atoms with Gasteiger partial charge in [-0.1, -0.05) is 6.07 Å². The first-order valence-electron chi connectivity index (χ1n) is 11.5. The average molecular weight is 482 g/mol. The molecule has 1 atom stereocenters. The second kappa shape index (κ2) is 10.2. The van der Waals surface area contributed by atoms with Crippen LogP contribution in [0.4, 0.5) is 5.95 Å². The summed E-state index contributed by atoms with van der Waals surface area (Å²) in [5.41, 5.74) is 1.84. The zero-order valence-electron chi connectivity index (χ0n) is 20.4. The smallest absolute Gasteiger partial charge is 0.332 e. The van der Waals surface area contributed by atoms with E-state index in [0.29, 0.717) is 18.2 Å². The molecule has 1 unspecified atom stereocenters. The number of nitrogens with one attached hydrogen (secondary N) is 1. The van der Waals surface area contributed by atoms with Crippen LogP contribution in [0.25, 0.3) is 11.2 Å². The molecule has 0 aliphatic rings. The van der Waals surface area contributed by atoms with E-state index < -0.39 is 17.4 Å². The van der Waals surface area contributed by atoms with Crippen molar-refractivity contribution in [2.45, 2.75) is 39.5 Å². The monoisotopic (exact) mass is 481 g/mol. The fourth-order valence-electron chi connectivity index (χ4n) is 3.90. The van der Waals surface area contributed by atoms with Crippen molar-refractivity contribution in [3.63, 3.8) is 0 Å². The highest BCUT2D eigenvalue weighted by molar-refractivity contribution is 5.74. The molecule has 186 valence electrons. The zero-order valence-corrected chi connectivity index (χ0v) is 20.4. The van der Waals surface area contributed by atoms with Crippen LogP contribution >= 0.6 is 0 Å². The summed E-state index contributed by atoms with van der Waals surface area (Å²) < 4.78 is 11.8. The number of aliphatic hydroxyl groups is 1. The van der Waals surface area contributed by atoms with Crippen molar-refractivity contribution in [1.82, 2.24) is 28.2 Å². The summed E-state index contributed by atoms with van der Waals surface area (Å²) in [5, 5.41) is 14.0. The van der Waals surface area contributed by atoms with Gasteiger partial charge in [-0.3, -0.25) is 13.9 Å². The van der Waals surface area contributed by atoms with E-state index in [2.05, 4.69) is 15.3 Å². The Balaban J connectivity index is 1.56. The summed E-state index contributed by atoms with van der Waals surface area (Å²) in [5.74, 6) is 1.08. The van der Waals surface area contributed by atoms with Crippen molar-refractivity contribution in [2.75, 3.05) is 18.5 Å². The van der Waals surface area contributed by atoms with Gasteiger partial charge in [0.1, 0.15) is 18.5 Å². The number of fused-ring (bicyclic) bond motifs is 1. The predicted molar refractivity (Wildman–Crippen MR) is 133 cm³/mol. The first kappa shape index (κ1) is 24.3. The van der Waals surface area contributed by atoms with Crippen molar-refractivity contribution in [3.8, 4) is 5.75 Å². The highest BCUT2D eigenvalue weighted by Gasteiger charge is 2.21. The van der Waals surface area contributed by atoms with Crippen LogP contribution in [0.1, 0.15) is 17.5 Å². The van der Waals surface area contributed by atoms with Crippen LogP contribution in [-0.4, -0.2) is 52.6 Å². The van der Waals surface area contributed by atoms with E-state index >= 15 is 0 Å². The minimum atomic E-state index is -0.914. The molecule has 0 saturated carbocycles. The van der Waals surface area contributed by atoms with Crippen molar-refractivity contribution in [1.29, 1.82) is 0 Å². The summed E-state index contributed by atoms with van der Waals surface area (Å²) in [6.45, 7) is 5.47. The molecule has 0 radical (unpaired) electrons. The summed E-state index contributed by atoms with van der Waals surface area (Å²) in [6, 6.07) is 5.75. The van der Waals surface area contributed by atoms with Gasteiger partial charge < -0.3 is 24.3 Å². The summed E-state index contributed by atoms with van der Waals surface area (Å²) in [7, 11) is 3.00. The molecule has 3 heterocycles. The van der Waals surface area contributed by atoms with E-state index in [4.69, 9.17) is 4.74 Å². The topological polar surface area (TPSA) is 121 Å². The van der Waals surface area contributed by atoms with E-state index in [-0.39, 0.29) is 24.3 Å². The predicted octanol–water partition coefficient (Wildman–Crippen LogP) is 1.19. The standard InChI is InChI=1S/C24H31N7O4/c1-16-6-7-19(12-17(16)2)35-14-18(32)13-31-20-21(28(3)24(34)29(4)22(20)33)27-23(31)26-8-5-10-30-11-9-25-15-30/h6-7,9,11-12,15,18,32H,5,8,10,13-14H2,1-4H3,(H,26,27). The van der Waals surface area contributed by atoms with Gasteiger partial charge in [0, 0.05) is 39.6 Å². The van der Waals surface area contributed by atoms with Crippen molar-refractivity contribution in [3.05, 3.63) is 68.9 Å². The highest BCUT2D eigenvalue weighted by atomic mass is 16.5. The van der Waals surface area contributed by atoms with Crippen LogP contribution in [0.2, 0.25) is 0 Å². The molecule has 35 heavy (non-hydrogen) atoms. The van der Waals surface area contributed by atoms with Crippen LogP contribution in [-0.2, 0) is 27.2 Å². The lowest BCUT2D eigenvalue weighted by Gasteiger charge is -2.16. The molecule has 0 aliphatic carbocycles. The Hall–Kier alpha value is -3.86. The number of aryl methyl sites for hydroxylation is 4. The number of hydrogen-bond acceptors (Lipinski definition) is 7. The van der Waals surface area contributed by atoms with Gasteiger partial charge in [-0.15, -0.1) is 0 Å². The molecule has 1 aromatic carbocycles. The molecule has 0 saturated heterocycles. The second-order valence-electron chi connectivity index (χ2n) is 8.72. The molecule has 0 amide bonds. The van der Waals surface area contributed by atoms with Gasteiger partial charge in [0.05, 0.1) is 12.9 Å². The fourth-order valence-corrected chi connectivity index (χ4v) is 3.90. The largest absolute Gasteiger partial charge is 0.491 e. The van der Waals surface area contributed by atoms with Gasteiger partial charge >= 0.3 is 5.69 Å². The SMILES string of the molecule is Cc1ccc(OCC(O)Cn2c(NCCCn3ccnc3)nc3c2c(=O)n(C)c(=O)n3C)cc1C. The first-order chi connectivity index (χ1) is 16.8. The van der Waals surface area contributed by atoms with Gasteiger partial charge in [0.15, 0.2) is 11.2 Å². The summed E-state index contributed by atoms with van der Waals surface area (Å²) in [6.07, 6.45) is 5.24. The Morgan fingerprint density at radius 2 is 1.94 bits per heavy atom. The summed E-state index contributed by atoms with van der Waals surface area (Å²) in [4.78, 5) is 34.0. The maximum atomic E-state index is 13.0. The van der Waals surface area contributed by atoms with Crippen LogP contribution in [0.3, 0.4) is 0 Å². The van der Waals surface area contributed by atoms with Crippen molar-refractivity contribution < 1.29 is 9.84 Å². The molecule has 4 rings (SSSR count). The van der Waals surface area contributed by atoms with Crippen molar-refractivity contribution >= 4 is 17.1 Å². The zero-order chi connectivity index (χ0) is 25.1. The third-order valence-electron chi connectivity index (χ3n) is 6.10. The molecule has 3 aromatic heterocycles. The second-order valence-corrected chi connectivity index (χ2v) is 8.72. The van der Waals surface area contributed by atoms with Gasteiger partial charge in [-0.2, -0.15) is 4.98 Å². The number of aliphatic hydroxyl groups excluding tert-OH is 1. The van der Waals surface area contributed by atoms with Crippen LogP contribution in [0.5, 0.6) is 5.75 Å². The lowest BCUT2D eigenvalue weighted by Crippen LogP contribution is -2.38. The van der Waals surface area contributed by atoms with E-state index in [9.17, 15) is 14.7 Å². The average Bonchev–Trinajstić information content (AvgIpc) is 3.48. The van der Waals surface area contributed by atoms with Gasteiger partial charge in [-0.05, 0) is 43.5 Å². The lowest BCUT2D eigenvalue weighted by atomic mass is 10.1. The molecule has 4 aromatic rings. The number of nitrogens with zero attached hydrogens (tertiary/aromatic N) is 6. The number of benzene rings is 1. The van der Waals surface area contributed by atoms with Crippen LogP contribution in [0, 0.1) is 13.8 Å². The summed E-state index contributed by atoms with van der Waals surface area (Å²) >= 11 is 0. The highest BCUT2D eigenvalue weighted by Crippen LogP contribution is 2.19. The molecule has 0 fully saturated rings. The lowest BCUT2D eigenvalue weighted by molar-refractivity contribution is 0.0938. The third kappa shape index (κ3) is 5.14. The van der Waals surface area contributed by atoms with Gasteiger partial charge in [0.2, 0.25) is 5.95 Å². The molecule has 0 bridgehead atoms. The number of hydrogen-bond donors (Lipinski definition) is 2. The van der Waals surface area contributed by atoms with Gasteiger partial charge in [-0.25, -0.2) is 9.78 Å². The minimum absolute atomic E-state index is 0.0360. The van der Waals surface area contributed by atoms with E-state index in [0.717, 1.165) is 28.7 Å².